The van der Waals surface area contributed by atoms with Crippen molar-refractivity contribution in [1.82, 2.24) is 20.0 Å². The minimum Gasteiger partial charge on any atom is -0.348 e. The van der Waals surface area contributed by atoms with Crippen LogP contribution in [0.25, 0.3) is 0 Å². The molecule has 2 aromatic rings. The number of sulfonamides is 1. The Morgan fingerprint density at radius 3 is 2.81 bits per heavy atom. The van der Waals surface area contributed by atoms with Crippen molar-refractivity contribution < 1.29 is 8.42 Å². The van der Waals surface area contributed by atoms with Crippen LogP contribution in [0.3, 0.4) is 0 Å². The van der Waals surface area contributed by atoms with Gasteiger partial charge in [-0.1, -0.05) is 25.1 Å². The van der Waals surface area contributed by atoms with E-state index >= 15 is 0 Å². The molecule has 0 aliphatic rings. The van der Waals surface area contributed by atoms with E-state index in [9.17, 15) is 8.42 Å². The number of nitrogens with one attached hydrogen (secondary N) is 3. The fraction of sp³-hybridized carbons (Fsp3) is 0.357. The van der Waals surface area contributed by atoms with Gasteiger partial charge in [-0.05, 0) is 18.2 Å². The lowest BCUT2D eigenvalue weighted by molar-refractivity contribution is 0.579. The minimum atomic E-state index is -3.50. The zero-order chi connectivity index (χ0) is 15.1. The number of aromatic nitrogens is 2. The minimum absolute atomic E-state index is 0.329. The van der Waals surface area contributed by atoms with Crippen molar-refractivity contribution in [1.29, 1.82) is 0 Å². The first-order valence-electron chi connectivity index (χ1n) is 6.89. The Bertz CT molecular complexity index is 653. The molecule has 2 rings (SSSR count). The van der Waals surface area contributed by atoms with E-state index in [2.05, 4.69) is 20.0 Å². The first-order chi connectivity index (χ1) is 10.1. The van der Waals surface area contributed by atoms with E-state index in [4.69, 9.17) is 0 Å². The number of imidazole rings is 1. The van der Waals surface area contributed by atoms with Crippen LogP contribution in [0.15, 0.2) is 41.7 Å². The highest BCUT2D eigenvalue weighted by molar-refractivity contribution is 7.89. The molecule has 1 aromatic carbocycles. The smallest absolute Gasteiger partial charge is 0.240 e. The summed E-state index contributed by atoms with van der Waals surface area (Å²) >= 11 is 0. The number of benzene rings is 1. The van der Waals surface area contributed by atoms with Crippen molar-refractivity contribution in [3.63, 3.8) is 0 Å². The molecule has 0 saturated heterocycles. The maximum absolute atomic E-state index is 12.4. The lowest BCUT2D eigenvalue weighted by Crippen LogP contribution is -2.27. The summed E-state index contributed by atoms with van der Waals surface area (Å²) < 4.78 is 27.4. The Labute approximate surface area is 125 Å². The molecule has 0 radical (unpaired) electrons. The zero-order valence-corrected chi connectivity index (χ0v) is 12.8. The first kappa shape index (κ1) is 15.7. The summed E-state index contributed by atoms with van der Waals surface area (Å²) in [5.41, 5.74) is 1.67. The molecule has 0 bridgehead atoms. The van der Waals surface area contributed by atoms with Crippen molar-refractivity contribution in [2.24, 2.45) is 0 Å². The summed E-state index contributed by atoms with van der Waals surface area (Å²) in [4.78, 5) is 7.18. The molecule has 0 saturated carbocycles. The average Bonchev–Trinajstić information content (AvgIpc) is 2.98. The second kappa shape index (κ2) is 7.35. The van der Waals surface area contributed by atoms with Gasteiger partial charge in [0.25, 0.3) is 0 Å². The number of hydrogen-bond donors (Lipinski definition) is 3. The standard InChI is InChI=1S/C14H20N4O2S/c1-2-15-9-12-5-3-4-6-14(12)21(19,20)18-8-7-13-10-16-11-17-13/h3-6,10-11,15,18H,2,7-9H2,1H3,(H,16,17). The summed E-state index contributed by atoms with van der Waals surface area (Å²) in [7, 11) is -3.50. The maximum atomic E-state index is 12.4. The largest absolute Gasteiger partial charge is 0.348 e. The molecule has 7 heteroatoms. The topological polar surface area (TPSA) is 86.9 Å². The summed E-state index contributed by atoms with van der Waals surface area (Å²) in [6.07, 6.45) is 3.84. The predicted molar refractivity (Wildman–Crippen MR) is 81.3 cm³/mol. The Kier molecular flexibility index (Phi) is 5.49. The molecule has 3 N–H and O–H groups in total. The Morgan fingerprint density at radius 2 is 2.10 bits per heavy atom. The molecule has 1 heterocycles. The molecule has 1 aromatic heterocycles. The molecule has 0 atom stereocenters. The van der Waals surface area contributed by atoms with Gasteiger partial charge in [-0.3, -0.25) is 0 Å². The monoisotopic (exact) mass is 308 g/mol. The summed E-state index contributed by atoms with van der Waals surface area (Å²) in [5, 5.41) is 3.15. The number of aromatic amines is 1. The van der Waals surface area contributed by atoms with Gasteiger partial charge in [-0.15, -0.1) is 0 Å². The highest BCUT2D eigenvalue weighted by Gasteiger charge is 2.17. The van der Waals surface area contributed by atoms with Gasteiger partial charge in [0, 0.05) is 31.4 Å². The van der Waals surface area contributed by atoms with E-state index in [1.54, 1.807) is 24.7 Å². The third kappa shape index (κ3) is 4.38. The van der Waals surface area contributed by atoms with E-state index in [-0.39, 0.29) is 0 Å². The van der Waals surface area contributed by atoms with Crippen molar-refractivity contribution in [2.75, 3.05) is 13.1 Å². The summed E-state index contributed by atoms with van der Waals surface area (Å²) in [5.74, 6) is 0. The summed E-state index contributed by atoms with van der Waals surface area (Å²) in [6, 6.07) is 7.03. The fourth-order valence-corrected chi connectivity index (χ4v) is 3.26. The molecule has 0 fully saturated rings. The van der Waals surface area contributed by atoms with Crippen LogP contribution in [0.4, 0.5) is 0 Å². The molecule has 0 unspecified atom stereocenters. The number of H-pyrrole nitrogens is 1. The second-order valence-corrected chi connectivity index (χ2v) is 6.35. The van der Waals surface area contributed by atoms with Crippen LogP contribution in [0.1, 0.15) is 18.2 Å². The molecule has 21 heavy (non-hydrogen) atoms. The quantitative estimate of drug-likeness (QED) is 0.680. The van der Waals surface area contributed by atoms with Gasteiger partial charge >= 0.3 is 0 Å². The predicted octanol–water partition coefficient (Wildman–Crippen LogP) is 1.04. The van der Waals surface area contributed by atoms with Crippen LogP contribution >= 0.6 is 0 Å². The average molecular weight is 308 g/mol. The van der Waals surface area contributed by atoms with Gasteiger partial charge in [-0.2, -0.15) is 0 Å². The van der Waals surface area contributed by atoms with Crippen LogP contribution in [-0.2, 0) is 23.0 Å². The first-order valence-corrected chi connectivity index (χ1v) is 8.37. The normalized spacial score (nSPS) is 11.7. The Hall–Kier alpha value is -1.70. The maximum Gasteiger partial charge on any atom is 0.240 e. The van der Waals surface area contributed by atoms with Gasteiger partial charge in [0.1, 0.15) is 0 Å². The van der Waals surface area contributed by atoms with E-state index in [1.807, 2.05) is 19.1 Å². The zero-order valence-electron chi connectivity index (χ0n) is 12.0. The molecule has 0 spiro atoms. The van der Waals surface area contributed by atoms with E-state index in [1.165, 1.54) is 0 Å². The van der Waals surface area contributed by atoms with Crippen molar-refractivity contribution in [2.45, 2.75) is 24.8 Å². The van der Waals surface area contributed by atoms with Crippen molar-refractivity contribution >= 4 is 10.0 Å². The van der Waals surface area contributed by atoms with Crippen LogP contribution in [0.5, 0.6) is 0 Å². The lowest BCUT2D eigenvalue weighted by atomic mass is 10.2. The van der Waals surface area contributed by atoms with E-state index in [0.29, 0.717) is 24.4 Å². The molecule has 0 aliphatic carbocycles. The van der Waals surface area contributed by atoms with E-state index < -0.39 is 10.0 Å². The van der Waals surface area contributed by atoms with Crippen LogP contribution in [0, 0.1) is 0 Å². The molecule has 0 amide bonds. The molecule has 114 valence electrons. The van der Waals surface area contributed by atoms with Gasteiger partial charge in [0.05, 0.1) is 11.2 Å². The van der Waals surface area contributed by atoms with Crippen LogP contribution in [0.2, 0.25) is 0 Å². The summed E-state index contributed by atoms with van der Waals surface area (Å²) in [6.45, 7) is 3.65. The second-order valence-electron chi connectivity index (χ2n) is 4.61. The molecular weight excluding hydrogens is 288 g/mol. The Morgan fingerprint density at radius 1 is 1.29 bits per heavy atom. The number of hydrogen-bond acceptors (Lipinski definition) is 4. The number of rotatable bonds is 8. The van der Waals surface area contributed by atoms with Crippen molar-refractivity contribution in [3.8, 4) is 0 Å². The van der Waals surface area contributed by atoms with E-state index in [0.717, 1.165) is 17.8 Å². The van der Waals surface area contributed by atoms with Crippen molar-refractivity contribution in [3.05, 3.63) is 48.0 Å². The van der Waals surface area contributed by atoms with Gasteiger partial charge in [-0.25, -0.2) is 18.1 Å². The number of nitrogens with zero attached hydrogens (tertiary/aromatic N) is 1. The highest BCUT2D eigenvalue weighted by Crippen LogP contribution is 2.15. The van der Waals surface area contributed by atoms with Gasteiger partial charge in [0.2, 0.25) is 10.0 Å². The highest BCUT2D eigenvalue weighted by atomic mass is 32.2. The lowest BCUT2D eigenvalue weighted by Gasteiger charge is -2.11. The SMILES string of the molecule is CCNCc1ccccc1S(=O)(=O)NCCc1cnc[nH]1. The third-order valence-corrected chi connectivity index (χ3v) is 4.63. The molecule has 6 nitrogen and oxygen atoms in total. The van der Waals surface area contributed by atoms with Gasteiger partial charge < -0.3 is 10.3 Å². The molecule has 0 aliphatic heterocycles. The molecular formula is C14H20N4O2S. The van der Waals surface area contributed by atoms with Crippen LogP contribution in [-0.4, -0.2) is 31.5 Å². The Balaban J connectivity index is 2.04. The third-order valence-electron chi connectivity index (χ3n) is 3.07. The van der Waals surface area contributed by atoms with Gasteiger partial charge in [0.15, 0.2) is 0 Å². The fourth-order valence-electron chi connectivity index (χ4n) is 1.99. The van der Waals surface area contributed by atoms with Crippen LogP contribution < -0.4 is 10.0 Å².